The average molecular weight is 236 g/mol. The number of aromatic nitrogens is 2. The predicted molar refractivity (Wildman–Crippen MR) is 71.8 cm³/mol. The van der Waals surface area contributed by atoms with E-state index in [-0.39, 0.29) is 5.41 Å². The molecule has 1 heterocycles. The summed E-state index contributed by atoms with van der Waals surface area (Å²) in [6, 6.07) is 0. The number of nitrogen functional groups attached to an aromatic ring is 1. The van der Waals surface area contributed by atoms with Crippen LogP contribution in [0.3, 0.4) is 0 Å². The van der Waals surface area contributed by atoms with E-state index in [0.29, 0.717) is 5.92 Å². The van der Waals surface area contributed by atoms with Crippen molar-refractivity contribution in [3.63, 3.8) is 0 Å². The lowest BCUT2D eigenvalue weighted by Gasteiger charge is -2.20. The van der Waals surface area contributed by atoms with Crippen molar-refractivity contribution < 1.29 is 0 Å². The van der Waals surface area contributed by atoms with Crippen LogP contribution in [-0.4, -0.2) is 9.97 Å². The van der Waals surface area contributed by atoms with Gasteiger partial charge in [0.15, 0.2) is 0 Å². The van der Waals surface area contributed by atoms with Gasteiger partial charge < -0.3 is 5.43 Å². The Bertz CT molecular complexity index is 391. The molecule has 0 atom stereocenters. The number of nitrogens with one attached hydrogen (secondary N) is 1. The SMILES string of the molecule is Cc1nc(CC(C)(C)C)nc(NN)c1C(C)C. The maximum Gasteiger partial charge on any atom is 0.147 e. The van der Waals surface area contributed by atoms with Gasteiger partial charge in [0.1, 0.15) is 11.6 Å². The van der Waals surface area contributed by atoms with E-state index < -0.39 is 0 Å². The molecule has 0 aromatic carbocycles. The molecule has 1 aromatic heterocycles. The monoisotopic (exact) mass is 236 g/mol. The zero-order valence-electron chi connectivity index (χ0n) is 11.8. The molecule has 0 spiro atoms. The van der Waals surface area contributed by atoms with Crippen molar-refractivity contribution in [2.45, 2.75) is 53.9 Å². The van der Waals surface area contributed by atoms with E-state index in [1.165, 1.54) is 0 Å². The van der Waals surface area contributed by atoms with Gasteiger partial charge in [-0.1, -0.05) is 34.6 Å². The highest BCUT2D eigenvalue weighted by Gasteiger charge is 2.18. The van der Waals surface area contributed by atoms with Gasteiger partial charge in [-0.15, -0.1) is 0 Å². The smallest absolute Gasteiger partial charge is 0.147 e. The Morgan fingerprint density at radius 1 is 1.24 bits per heavy atom. The number of rotatable bonds is 3. The summed E-state index contributed by atoms with van der Waals surface area (Å²) in [5.74, 6) is 7.53. The van der Waals surface area contributed by atoms with Gasteiger partial charge in [-0.2, -0.15) is 0 Å². The molecule has 0 bridgehead atoms. The third kappa shape index (κ3) is 3.66. The Kier molecular flexibility index (Phi) is 4.09. The number of hydrogen-bond donors (Lipinski definition) is 2. The normalized spacial score (nSPS) is 12.0. The molecular formula is C13H24N4. The van der Waals surface area contributed by atoms with Gasteiger partial charge >= 0.3 is 0 Å². The first-order chi connectivity index (χ1) is 7.74. The quantitative estimate of drug-likeness (QED) is 0.625. The van der Waals surface area contributed by atoms with Crippen LogP contribution in [-0.2, 0) is 6.42 Å². The minimum atomic E-state index is 0.178. The molecule has 17 heavy (non-hydrogen) atoms. The standard InChI is InChI=1S/C13H24N4/c1-8(2)11-9(3)15-10(7-13(4,5)6)16-12(11)17-14/h8H,7,14H2,1-6H3,(H,15,16,17). The van der Waals surface area contributed by atoms with E-state index in [0.717, 1.165) is 29.3 Å². The maximum absolute atomic E-state index is 5.55. The lowest BCUT2D eigenvalue weighted by Crippen LogP contribution is -2.18. The van der Waals surface area contributed by atoms with E-state index in [9.17, 15) is 0 Å². The van der Waals surface area contributed by atoms with Crippen molar-refractivity contribution >= 4 is 5.82 Å². The van der Waals surface area contributed by atoms with Gasteiger partial charge in [0, 0.05) is 17.7 Å². The van der Waals surface area contributed by atoms with Crippen LogP contribution in [0, 0.1) is 12.3 Å². The molecule has 0 saturated heterocycles. The fourth-order valence-electron chi connectivity index (χ4n) is 1.99. The molecule has 3 N–H and O–H groups in total. The van der Waals surface area contributed by atoms with Crippen LogP contribution in [0.5, 0.6) is 0 Å². The van der Waals surface area contributed by atoms with Crippen molar-refractivity contribution in [3.05, 3.63) is 17.1 Å². The zero-order valence-corrected chi connectivity index (χ0v) is 11.8. The fraction of sp³-hybridized carbons (Fsp3) is 0.692. The highest BCUT2D eigenvalue weighted by Crippen LogP contribution is 2.26. The van der Waals surface area contributed by atoms with Crippen LogP contribution < -0.4 is 11.3 Å². The maximum atomic E-state index is 5.55. The summed E-state index contributed by atoms with van der Waals surface area (Å²) in [4.78, 5) is 9.09. The number of hydrazine groups is 1. The van der Waals surface area contributed by atoms with Crippen LogP contribution in [0.15, 0.2) is 0 Å². The molecule has 4 heteroatoms. The van der Waals surface area contributed by atoms with Crippen LogP contribution in [0.2, 0.25) is 0 Å². The number of hydrogen-bond acceptors (Lipinski definition) is 4. The van der Waals surface area contributed by atoms with Gasteiger partial charge in [0.2, 0.25) is 0 Å². The molecule has 1 aromatic rings. The summed E-state index contributed by atoms with van der Waals surface area (Å²) >= 11 is 0. The third-order valence-corrected chi connectivity index (χ3v) is 2.59. The molecule has 0 unspecified atom stereocenters. The summed E-state index contributed by atoms with van der Waals surface area (Å²) < 4.78 is 0. The highest BCUT2D eigenvalue weighted by molar-refractivity contribution is 5.47. The van der Waals surface area contributed by atoms with Gasteiger partial charge in [-0.3, -0.25) is 0 Å². The second kappa shape index (κ2) is 5.00. The lowest BCUT2D eigenvalue weighted by atomic mass is 9.91. The number of aryl methyl sites for hydroxylation is 1. The van der Waals surface area contributed by atoms with Crippen molar-refractivity contribution in [1.29, 1.82) is 0 Å². The van der Waals surface area contributed by atoms with Crippen molar-refractivity contribution in [2.75, 3.05) is 5.43 Å². The number of nitrogens with two attached hydrogens (primary N) is 1. The molecule has 0 aliphatic heterocycles. The summed E-state index contributed by atoms with van der Waals surface area (Å²) in [5.41, 5.74) is 4.99. The van der Waals surface area contributed by atoms with Gasteiger partial charge in [-0.05, 0) is 18.3 Å². The van der Waals surface area contributed by atoms with Gasteiger partial charge in [0.25, 0.3) is 0 Å². The second-order valence-electron chi connectivity index (χ2n) is 6.02. The van der Waals surface area contributed by atoms with E-state index in [2.05, 4.69) is 50.0 Å². The predicted octanol–water partition coefficient (Wildman–Crippen LogP) is 2.78. The topological polar surface area (TPSA) is 63.8 Å². The van der Waals surface area contributed by atoms with Gasteiger partial charge in [0.05, 0.1) is 0 Å². The molecular weight excluding hydrogens is 212 g/mol. The van der Waals surface area contributed by atoms with Crippen LogP contribution >= 0.6 is 0 Å². The van der Waals surface area contributed by atoms with Crippen LogP contribution in [0.4, 0.5) is 5.82 Å². The van der Waals surface area contributed by atoms with E-state index in [4.69, 9.17) is 5.84 Å². The van der Waals surface area contributed by atoms with Crippen LogP contribution in [0.1, 0.15) is 57.6 Å². The summed E-state index contributed by atoms with van der Waals surface area (Å²) in [5, 5.41) is 0. The largest absolute Gasteiger partial charge is 0.308 e. The Labute approximate surface area is 104 Å². The molecule has 0 saturated carbocycles. The minimum Gasteiger partial charge on any atom is -0.308 e. The fourth-order valence-corrected chi connectivity index (χ4v) is 1.99. The molecule has 0 aliphatic rings. The van der Waals surface area contributed by atoms with Crippen molar-refractivity contribution in [2.24, 2.45) is 11.3 Å². The van der Waals surface area contributed by atoms with Crippen LogP contribution in [0.25, 0.3) is 0 Å². The Morgan fingerprint density at radius 2 is 1.82 bits per heavy atom. The highest BCUT2D eigenvalue weighted by atomic mass is 15.3. The number of anilines is 1. The Morgan fingerprint density at radius 3 is 2.24 bits per heavy atom. The number of nitrogens with zero attached hydrogens (tertiary/aromatic N) is 2. The molecule has 1 rings (SSSR count). The summed E-state index contributed by atoms with van der Waals surface area (Å²) in [6.45, 7) is 12.8. The van der Waals surface area contributed by atoms with Crippen molar-refractivity contribution in [1.82, 2.24) is 9.97 Å². The third-order valence-electron chi connectivity index (χ3n) is 2.59. The first-order valence-electron chi connectivity index (χ1n) is 6.08. The first-order valence-corrected chi connectivity index (χ1v) is 6.08. The second-order valence-corrected chi connectivity index (χ2v) is 6.02. The first kappa shape index (κ1) is 13.9. The van der Waals surface area contributed by atoms with E-state index in [1.54, 1.807) is 0 Å². The van der Waals surface area contributed by atoms with Crippen molar-refractivity contribution in [3.8, 4) is 0 Å². The Hall–Kier alpha value is -1.16. The Balaban J connectivity index is 3.18. The van der Waals surface area contributed by atoms with E-state index >= 15 is 0 Å². The van der Waals surface area contributed by atoms with E-state index in [1.807, 2.05) is 6.92 Å². The summed E-state index contributed by atoms with van der Waals surface area (Å²) in [6.07, 6.45) is 0.848. The summed E-state index contributed by atoms with van der Waals surface area (Å²) in [7, 11) is 0. The average Bonchev–Trinajstić information content (AvgIpc) is 2.12. The molecule has 0 fully saturated rings. The zero-order chi connectivity index (χ0) is 13.2. The minimum absolute atomic E-state index is 0.178. The molecule has 0 radical (unpaired) electrons. The lowest BCUT2D eigenvalue weighted by molar-refractivity contribution is 0.400. The molecule has 4 nitrogen and oxygen atoms in total. The van der Waals surface area contributed by atoms with Gasteiger partial charge in [-0.25, -0.2) is 15.8 Å². The molecule has 0 amide bonds. The molecule has 0 aliphatic carbocycles. The molecule has 96 valence electrons.